The van der Waals surface area contributed by atoms with Crippen LogP contribution in [-0.2, 0) is 11.3 Å². The Morgan fingerprint density at radius 2 is 1.67 bits per heavy atom. The van der Waals surface area contributed by atoms with Crippen molar-refractivity contribution in [2.45, 2.75) is 18.5 Å². The van der Waals surface area contributed by atoms with Crippen molar-refractivity contribution in [3.63, 3.8) is 0 Å². The standard InChI is InChI=1S/C25H26N2O3/c28-25-21-10-5-4-9-20(21)22(18-26-12-15-29-16-13-26)24(23-11-6-14-30-23)27(25)17-19-7-2-1-3-8-19/h1-11,14,22,24H,12-13,15-18H2/t22-,24-/m0/s1. The van der Waals surface area contributed by atoms with Crippen molar-refractivity contribution < 1.29 is 13.9 Å². The van der Waals surface area contributed by atoms with Gasteiger partial charge in [-0.2, -0.15) is 0 Å². The van der Waals surface area contributed by atoms with E-state index in [1.165, 1.54) is 0 Å². The van der Waals surface area contributed by atoms with Crippen molar-refractivity contribution in [1.82, 2.24) is 9.80 Å². The molecule has 3 aromatic rings. The molecule has 0 radical (unpaired) electrons. The van der Waals surface area contributed by atoms with Crippen LogP contribution in [0.1, 0.15) is 39.2 Å². The van der Waals surface area contributed by atoms with Crippen LogP contribution >= 0.6 is 0 Å². The molecule has 5 nitrogen and oxygen atoms in total. The third kappa shape index (κ3) is 3.66. The zero-order valence-corrected chi connectivity index (χ0v) is 16.9. The van der Waals surface area contributed by atoms with Crippen molar-refractivity contribution in [3.05, 3.63) is 95.4 Å². The second kappa shape index (κ2) is 8.46. The fourth-order valence-electron chi connectivity index (χ4n) is 4.71. The molecule has 1 amide bonds. The number of hydrogen-bond donors (Lipinski definition) is 0. The smallest absolute Gasteiger partial charge is 0.255 e. The fourth-order valence-corrected chi connectivity index (χ4v) is 4.71. The SMILES string of the molecule is O=C1c2ccccc2[C@H](CN2CCOCC2)[C@@H](c2ccco2)N1Cc1ccccc1. The van der Waals surface area contributed by atoms with Crippen molar-refractivity contribution in [2.75, 3.05) is 32.8 Å². The van der Waals surface area contributed by atoms with Gasteiger partial charge in [-0.15, -0.1) is 0 Å². The van der Waals surface area contributed by atoms with Gasteiger partial charge in [0.15, 0.2) is 0 Å². The van der Waals surface area contributed by atoms with Gasteiger partial charge in [0, 0.05) is 37.7 Å². The molecule has 1 saturated heterocycles. The maximum atomic E-state index is 13.6. The molecular formula is C25H26N2O3. The lowest BCUT2D eigenvalue weighted by molar-refractivity contribution is 0.0225. The lowest BCUT2D eigenvalue weighted by Gasteiger charge is -2.43. The minimum Gasteiger partial charge on any atom is -0.467 e. The molecule has 0 saturated carbocycles. The van der Waals surface area contributed by atoms with Crippen LogP contribution in [0.3, 0.4) is 0 Å². The molecule has 2 aliphatic heterocycles. The molecule has 1 aromatic heterocycles. The Kier molecular flexibility index (Phi) is 5.39. The fraction of sp³-hybridized carbons (Fsp3) is 0.320. The summed E-state index contributed by atoms with van der Waals surface area (Å²) in [6, 6.07) is 22.0. The quantitative estimate of drug-likeness (QED) is 0.645. The topological polar surface area (TPSA) is 45.9 Å². The first-order valence-electron chi connectivity index (χ1n) is 10.6. The van der Waals surface area contributed by atoms with E-state index < -0.39 is 0 Å². The van der Waals surface area contributed by atoms with E-state index in [4.69, 9.17) is 9.15 Å². The molecule has 30 heavy (non-hydrogen) atoms. The molecule has 0 N–H and O–H groups in total. The van der Waals surface area contributed by atoms with Crippen molar-refractivity contribution in [1.29, 1.82) is 0 Å². The Bertz CT molecular complexity index is 981. The first-order valence-corrected chi connectivity index (χ1v) is 10.6. The third-order valence-corrected chi connectivity index (χ3v) is 6.16. The van der Waals surface area contributed by atoms with Crippen molar-refractivity contribution >= 4 is 5.91 Å². The van der Waals surface area contributed by atoms with Gasteiger partial charge in [-0.3, -0.25) is 9.69 Å². The highest BCUT2D eigenvalue weighted by atomic mass is 16.5. The van der Waals surface area contributed by atoms with Crippen LogP contribution in [0.4, 0.5) is 0 Å². The highest BCUT2D eigenvalue weighted by molar-refractivity contribution is 5.97. The molecule has 5 rings (SSSR count). The summed E-state index contributed by atoms with van der Waals surface area (Å²) in [6.45, 7) is 4.76. The molecule has 0 aliphatic carbocycles. The van der Waals surface area contributed by atoms with Gasteiger partial charge < -0.3 is 14.1 Å². The molecule has 5 heteroatoms. The molecule has 0 bridgehead atoms. The summed E-state index contributed by atoms with van der Waals surface area (Å²) < 4.78 is 11.4. The number of morpholine rings is 1. The van der Waals surface area contributed by atoms with Crippen LogP contribution in [0.15, 0.2) is 77.4 Å². The normalized spacial score (nSPS) is 22.1. The number of rotatable bonds is 5. The Morgan fingerprint density at radius 3 is 2.43 bits per heavy atom. The van der Waals surface area contributed by atoms with Gasteiger partial charge in [-0.05, 0) is 29.3 Å². The first kappa shape index (κ1) is 19.1. The van der Waals surface area contributed by atoms with E-state index in [9.17, 15) is 4.79 Å². The molecule has 3 heterocycles. The summed E-state index contributed by atoms with van der Waals surface area (Å²) >= 11 is 0. The first-order chi connectivity index (χ1) is 14.8. The second-order valence-corrected chi connectivity index (χ2v) is 7.99. The number of fused-ring (bicyclic) bond motifs is 1. The molecule has 2 aromatic carbocycles. The Morgan fingerprint density at radius 1 is 0.900 bits per heavy atom. The highest BCUT2D eigenvalue weighted by Crippen LogP contribution is 2.44. The van der Waals surface area contributed by atoms with Gasteiger partial charge in [-0.25, -0.2) is 0 Å². The zero-order valence-electron chi connectivity index (χ0n) is 16.9. The minimum atomic E-state index is -0.148. The molecule has 154 valence electrons. The number of furan rings is 1. The molecule has 1 fully saturated rings. The Hall–Kier alpha value is -2.89. The van der Waals surface area contributed by atoms with E-state index in [1.54, 1.807) is 6.26 Å². The van der Waals surface area contributed by atoms with Gasteiger partial charge in [0.25, 0.3) is 5.91 Å². The van der Waals surface area contributed by atoms with Gasteiger partial charge in [0.2, 0.25) is 0 Å². The average molecular weight is 402 g/mol. The van der Waals surface area contributed by atoms with Crippen LogP contribution in [0.2, 0.25) is 0 Å². The van der Waals surface area contributed by atoms with Gasteiger partial charge in [0.1, 0.15) is 5.76 Å². The van der Waals surface area contributed by atoms with E-state index in [0.717, 1.165) is 55.3 Å². The van der Waals surface area contributed by atoms with E-state index in [0.29, 0.717) is 6.54 Å². The van der Waals surface area contributed by atoms with Gasteiger partial charge >= 0.3 is 0 Å². The summed E-state index contributed by atoms with van der Waals surface area (Å²) in [4.78, 5) is 18.0. The summed E-state index contributed by atoms with van der Waals surface area (Å²) in [5.74, 6) is 1.04. The maximum Gasteiger partial charge on any atom is 0.255 e. The number of hydrogen-bond acceptors (Lipinski definition) is 4. The zero-order chi connectivity index (χ0) is 20.3. The van der Waals surface area contributed by atoms with Gasteiger partial charge in [0.05, 0.1) is 25.5 Å². The number of nitrogens with zero attached hydrogens (tertiary/aromatic N) is 2. The summed E-state index contributed by atoms with van der Waals surface area (Å²) in [6.07, 6.45) is 1.70. The molecule has 2 aliphatic rings. The maximum absolute atomic E-state index is 13.6. The van der Waals surface area contributed by atoms with Crippen LogP contribution in [-0.4, -0.2) is 48.6 Å². The summed E-state index contributed by atoms with van der Waals surface area (Å²) in [7, 11) is 0. The van der Waals surface area contributed by atoms with Crippen LogP contribution in [0.5, 0.6) is 0 Å². The predicted molar refractivity (Wildman–Crippen MR) is 114 cm³/mol. The number of ether oxygens (including phenoxy) is 1. The average Bonchev–Trinajstić information content (AvgIpc) is 3.33. The largest absolute Gasteiger partial charge is 0.467 e. The molecule has 0 unspecified atom stereocenters. The minimum absolute atomic E-state index is 0.0640. The lowest BCUT2D eigenvalue weighted by Crippen LogP contribution is -2.47. The third-order valence-electron chi connectivity index (χ3n) is 6.16. The molecular weight excluding hydrogens is 376 g/mol. The van der Waals surface area contributed by atoms with Crippen molar-refractivity contribution in [3.8, 4) is 0 Å². The van der Waals surface area contributed by atoms with Crippen molar-refractivity contribution in [2.24, 2.45) is 0 Å². The van der Waals surface area contributed by atoms with Crippen LogP contribution in [0.25, 0.3) is 0 Å². The predicted octanol–water partition coefficient (Wildman–Crippen LogP) is 4.09. The number of benzene rings is 2. The second-order valence-electron chi connectivity index (χ2n) is 7.99. The Balaban J connectivity index is 1.58. The van der Waals surface area contributed by atoms with E-state index in [1.807, 2.05) is 53.4 Å². The molecule has 2 atom stereocenters. The summed E-state index contributed by atoms with van der Waals surface area (Å²) in [5.41, 5.74) is 3.03. The summed E-state index contributed by atoms with van der Waals surface area (Å²) in [5, 5.41) is 0. The number of amides is 1. The van der Waals surface area contributed by atoms with Crippen LogP contribution in [0, 0.1) is 0 Å². The van der Waals surface area contributed by atoms with E-state index in [2.05, 4.69) is 23.1 Å². The van der Waals surface area contributed by atoms with Crippen LogP contribution < -0.4 is 0 Å². The van der Waals surface area contributed by atoms with E-state index >= 15 is 0 Å². The Labute approximate surface area is 176 Å². The molecule has 0 spiro atoms. The lowest BCUT2D eigenvalue weighted by atomic mass is 9.81. The highest BCUT2D eigenvalue weighted by Gasteiger charge is 2.42. The van der Waals surface area contributed by atoms with Gasteiger partial charge in [-0.1, -0.05) is 48.5 Å². The monoisotopic (exact) mass is 402 g/mol. The van der Waals surface area contributed by atoms with E-state index in [-0.39, 0.29) is 17.9 Å². The number of carbonyl (C=O) groups excluding carboxylic acids is 1. The number of carbonyl (C=O) groups is 1.